The third-order valence-electron chi connectivity index (χ3n) is 4.57. The molecule has 0 radical (unpaired) electrons. The van der Waals surface area contributed by atoms with Gasteiger partial charge in [-0.3, -0.25) is 15.0 Å². The Kier molecular flexibility index (Phi) is 5.16. The first kappa shape index (κ1) is 16.9. The number of benzene rings is 1. The fraction of sp³-hybridized carbons (Fsp3) is 0.556. The summed E-state index contributed by atoms with van der Waals surface area (Å²) < 4.78 is 10.9. The fourth-order valence-electron chi connectivity index (χ4n) is 3.00. The summed E-state index contributed by atoms with van der Waals surface area (Å²) in [6.07, 6.45) is 5.26. The molecule has 2 aliphatic rings. The highest BCUT2D eigenvalue weighted by atomic mass is 16.6. The zero-order valence-corrected chi connectivity index (χ0v) is 14.3. The summed E-state index contributed by atoms with van der Waals surface area (Å²) in [5.41, 5.74) is 3.32. The number of nitro groups is 1. The lowest BCUT2D eigenvalue weighted by Gasteiger charge is -2.26. The molecule has 0 unspecified atom stereocenters. The third kappa shape index (κ3) is 3.94. The van der Waals surface area contributed by atoms with Gasteiger partial charge in [-0.2, -0.15) is 0 Å². The van der Waals surface area contributed by atoms with E-state index >= 15 is 0 Å². The summed E-state index contributed by atoms with van der Waals surface area (Å²) in [5, 5.41) is 11.3. The number of aryl methyl sites for hydroxylation is 1. The summed E-state index contributed by atoms with van der Waals surface area (Å²) in [6, 6.07) is 3.51. The highest BCUT2D eigenvalue weighted by Crippen LogP contribution is 2.38. The zero-order valence-electron chi connectivity index (χ0n) is 14.3. The van der Waals surface area contributed by atoms with Crippen LogP contribution in [0.25, 0.3) is 5.57 Å². The average molecular weight is 332 g/mol. The average Bonchev–Trinajstić information content (AvgIpc) is 3.38. The van der Waals surface area contributed by atoms with E-state index in [1.54, 1.807) is 13.2 Å². The first-order chi connectivity index (χ1) is 11.6. The molecule has 1 saturated carbocycles. The minimum absolute atomic E-state index is 0.0706. The Morgan fingerprint density at radius 3 is 2.75 bits per heavy atom. The number of hydrogen-bond acceptors (Lipinski definition) is 5. The minimum atomic E-state index is -0.351. The summed E-state index contributed by atoms with van der Waals surface area (Å²) in [5.74, 6) is 0.408. The molecular formula is C18H24N2O4. The van der Waals surface area contributed by atoms with E-state index in [-0.39, 0.29) is 16.7 Å². The Balaban J connectivity index is 1.82. The van der Waals surface area contributed by atoms with Crippen molar-refractivity contribution in [3.05, 3.63) is 39.4 Å². The smallest absolute Gasteiger partial charge is 0.311 e. The van der Waals surface area contributed by atoms with Crippen molar-refractivity contribution in [2.24, 2.45) is 0 Å². The van der Waals surface area contributed by atoms with Crippen LogP contribution in [-0.2, 0) is 4.74 Å². The van der Waals surface area contributed by atoms with Gasteiger partial charge in [0.15, 0.2) is 5.75 Å². The molecule has 130 valence electrons. The van der Waals surface area contributed by atoms with Crippen LogP contribution < -0.4 is 4.74 Å². The van der Waals surface area contributed by atoms with Gasteiger partial charge in [0.25, 0.3) is 0 Å². The van der Waals surface area contributed by atoms with Crippen LogP contribution in [0.5, 0.6) is 5.75 Å². The maximum Gasteiger partial charge on any atom is 0.311 e. The van der Waals surface area contributed by atoms with Crippen molar-refractivity contribution in [1.82, 2.24) is 4.90 Å². The summed E-state index contributed by atoms with van der Waals surface area (Å²) in [7, 11) is 1.72. The van der Waals surface area contributed by atoms with Gasteiger partial charge in [-0.15, -0.1) is 0 Å². The van der Waals surface area contributed by atoms with E-state index in [4.69, 9.17) is 9.47 Å². The van der Waals surface area contributed by atoms with Crippen molar-refractivity contribution < 1.29 is 14.4 Å². The molecular weight excluding hydrogens is 308 g/mol. The Bertz CT molecular complexity index is 653. The highest BCUT2D eigenvalue weighted by Gasteiger charge is 2.28. The topological polar surface area (TPSA) is 64.8 Å². The molecule has 1 fully saturated rings. The molecule has 1 aromatic rings. The molecule has 0 bridgehead atoms. The van der Waals surface area contributed by atoms with Gasteiger partial charge < -0.3 is 9.47 Å². The van der Waals surface area contributed by atoms with Crippen LogP contribution in [-0.4, -0.2) is 49.3 Å². The van der Waals surface area contributed by atoms with Crippen LogP contribution >= 0.6 is 0 Å². The molecule has 1 heterocycles. The molecule has 6 nitrogen and oxygen atoms in total. The quantitative estimate of drug-likeness (QED) is 0.567. The number of ether oxygens (including phenoxy) is 2. The van der Waals surface area contributed by atoms with Crippen LogP contribution in [0.3, 0.4) is 0 Å². The van der Waals surface area contributed by atoms with E-state index in [0.717, 1.165) is 56.6 Å². The monoisotopic (exact) mass is 332 g/mol. The Hall–Kier alpha value is -1.92. The van der Waals surface area contributed by atoms with Crippen molar-refractivity contribution in [2.75, 3.05) is 33.4 Å². The number of nitro benzene ring substituents is 1. The first-order valence-electron chi connectivity index (χ1n) is 8.45. The van der Waals surface area contributed by atoms with E-state index in [1.807, 2.05) is 13.0 Å². The summed E-state index contributed by atoms with van der Waals surface area (Å²) in [6.45, 7) is 5.45. The molecule has 1 aliphatic heterocycles. The Morgan fingerprint density at radius 2 is 2.17 bits per heavy atom. The highest BCUT2D eigenvalue weighted by molar-refractivity contribution is 5.72. The van der Waals surface area contributed by atoms with Gasteiger partial charge in [-0.1, -0.05) is 6.08 Å². The second-order valence-corrected chi connectivity index (χ2v) is 6.48. The normalized spacial score (nSPS) is 18.3. The van der Waals surface area contributed by atoms with Crippen molar-refractivity contribution >= 4 is 11.3 Å². The molecule has 1 aliphatic carbocycles. The molecule has 0 saturated heterocycles. The third-order valence-corrected chi connectivity index (χ3v) is 4.57. The molecule has 0 amide bonds. The largest absolute Gasteiger partial charge is 0.483 e. The lowest BCUT2D eigenvalue weighted by Crippen LogP contribution is -2.31. The minimum Gasteiger partial charge on any atom is -0.483 e. The Morgan fingerprint density at radius 1 is 1.38 bits per heavy atom. The van der Waals surface area contributed by atoms with Crippen LogP contribution in [0.1, 0.15) is 30.4 Å². The van der Waals surface area contributed by atoms with Crippen LogP contribution in [0.2, 0.25) is 0 Å². The van der Waals surface area contributed by atoms with Crippen LogP contribution in [0.4, 0.5) is 5.69 Å². The number of hydrogen-bond donors (Lipinski definition) is 0. The van der Waals surface area contributed by atoms with Crippen molar-refractivity contribution in [1.29, 1.82) is 0 Å². The Labute approximate surface area is 142 Å². The van der Waals surface area contributed by atoms with Gasteiger partial charge in [0.05, 0.1) is 17.6 Å². The molecule has 1 aromatic carbocycles. The van der Waals surface area contributed by atoms with Crippen molar-refractivity contribution in [3.63, 3.8) is 0 Å². The number of methoxy groups -OCH3 is 1. The van der Waals surface area contributed by atoms with Crippen molar-refractivity contribution in [3.8, 4) is 5.75 Å². The fourth-order valence-corrected chi connectivity index (χ4v) is 3.00. The lowest BCUT2D eigenvalue weighted by molar-refractivity contribution is -0.386. The van der Waals surface area contributed by atoms with Gasteiger partial charge in [-0.25, -0.2) is 0 Å². The van der Waals surface area contributed by atoms with Gasteiger partial charge in [-0.05, 0) is 49.0 Å². The summed E-state index contributed by atoms with van der Waals surface area (Å²) >= 11 is 0. The first-order valence-corrected chi connectivity index (χ1v) is 8.45. The van der Waals surface area contributed by atoms with E-state index in [1.165, 1.54) is 5.57 Å². The molecule has 3 rings (SSSR count). The van der Waals surface area contributed by atoms with Crippen LogP contribution in [0, 0.1) is 17.0 Å². The van der Waals surface area contributed by atoms with Crippen LogP contribution in [0.15, 0.2) is 18.2 Å². The molecule has 0 atom stereocenters. The molecule has 0 aromatic heterocycles. The van der Waals surface area contributed by atoms with Gasteiger partial charge in [0, 0.05) is 32.8 Å². The summed E-state index contributed by atoms with van der Waals surface area (Å²) in [4.78, 5) is 13.3. The van der Waals surface area contributed by atoms with Gasteiger partial charge in [0.1, 0.15) is 0 Å². The van der Waals surface area contributed by atoms with E-state index in [0.29, 0.717) is 5.75 Å². The second kappa shape index (κ2) is 7.32. The number of rotatable bonds is 7. The van der Waals surface area contributed by atoms with Gasteiger partial charge in [0.2, 0.25) is 0 Å². The SMILES string of the molecule is COCCN1CC=C(c2cc(OC3CC3)c([N+](=O)[O-])cc2C)CC1. The predicted octanol–water partition coefficient (Wildman–Crippen LogP) is 3.18. The zero-order chi connectivity index (χ0) is 17.1. The van der Waals surface area contributed by atoms with E-state index < -0.39 is 0 Å². The maximum atomic E-state index is 11.3. The lowest BCUT2D eigenvalue weighted by atomic mass is 9.94. The molecule has 24 heavy (non-hydrogen) atoms. The number of nitrogens with zero attached hydrogens (tertiary/aromatic N) is 2. The maximum absolute atomic E-state index is 11.3. The van der Waals surface area contributed by atoms with Crippen molar-refractivity contribution in [2.45, 2.75) is 32.3 Å². The van der Waals surface area contributed by atoms with E-state index in [2.05, 4.69) is 11.0 Å². The second-order valence-electron chi connectivity index (χ2n) is 6.48. The molecule has 0 N–H and O–H groups in total. The predicted molar refractivity (Wildman–Crippen MR) is 92.4 cm³/mol. The van der Waals surface area contributed by atoms with E-state index in [9.17, 15) is 10.1 Å². The van der Waals surface area contributed by atoms with Gasteiger partial charge >= 0.3 is 5.69 Å². The standard InChI is InChI=1S/C18H24N2O4/c1-13-11-17(20(21)22)18(24-15-3-4-15)12-16(13)14-5-7-19(8-6-14)9-10-23-2/h5,11-12,15H,3-4,6-10H2,1-2H3. The molecule has 6 heteroatoms. The molecule has 0 spiro atoms.